The van der Waals surface area contributed by atoms with Gasteiger partial charge in [0.05, 0.1) is 12.0 Å². The van der Waals surface area contributed by atoms with E-state index >= 15 is 0 Å². The van der Waals surface area contributed by atoms with Crippen LogP contribution >= 0.6 is 19.2 Å². The van der Waals surface area contributed by atoms with Gasteiger partial charge in [0.25, 0.3) is 0 Å². The number of phosphoric acid groups is 1. The van der Waals surface area contributed by atoms with E-state index < -0.39 is 39.0 Å². The zero-order valence-corrected chi connectivity index (χ0v) is 15.9. The van der Waals surface area contributed by atoms with E-state index in [4.69, 9.17) is 20.3 Å². The number of hydrogen-bond acceptors (Lipinski definition) is 9. The van der Waals surface area contributed by atoms with Gasteiger partial charge in [0.2, 0.25) is 0 Å². The molecule has 28 heavy (non-hydrogen) atoms. The molecule has 13 heteroatoms. The largest absolute Gasteiger partial charge is 0.469 e. The molecule has 150 valence electrons. The smallest absolute Gasteiger partial charge is 0.387 e. The second-order valence-corrected chi connectivity index (χ2v) is 8.40. The van der Waals surface area contributed by atoms with Crippen molar-refractivity contribution in [2.45, 2.75) is 24.5 Å². The number of nitrogens with zero attached hydrogens (tertiary/aromatic N) is 3. The lowest BCUT2D eigenvalue weighted by molar-refractivity contribution is -0.0501. The van der Waals surface area contributed by atoms with Gasteiger partial charge in [0.1, 0.15) is 36.1 Å². The molecule has 0 bridgehead atoms. The fourth-order valence-corrected chi connectivity index (χ4v) is 4.27. The van der Waals surface area contributed by atoms with E-state index in [1.807, 2.05) is 17.5 Å². The molecule has 4 rings (SSSR count). The van der Waals surface area contributed by atoms with Gasteiger partial charge in [0.15, 0.2) is 6.23 Å². The van der Waals surface area contributed by atoms with Crippen LogP contribution in [-0.2, 0) is 13.8 Å². The molecule has 1 aliphatic rings. The molecule has 0 saturated carbocycles. The Balaban J connectivity index is 1.73. The molecule has 0 spiro atoms. The molecule has 0 aromatic carbocycles. The van der Waals surface area contributed by atoms with Crippen molar-refractivity contribution in [2.24, 2.45) is 0 Å². The van der Waals surface area contributed by atoms with Crippen molar-refractivity contribution in [1.82, 2.24) is 14.5 Å². The maximum absolute atomic E-state index is 10.9. The third-order valence-corrected chi connectivity index (χ3v) is 5.83. The highest BCUT2D eigenvalue weighted by Gasteiger charge is 2.45. The molecular formula is C15H17N4O7PS. The van der Waals surface area contributed by atoms with Crippen LogP contribution in [0.2, 0.25) is 0 Å². The third-order valence-electron chi connectivity index (χ3n) is 4.44. The molecule has 3 aromatic heterocycles. The van der Waals surface area contributed by atoms with Gasteiger partial charge < -0.3 is 35.0 Å². The first kappa shape index (κ1) is 19.4. The van der Waals surface area contributed by atoms with Crippen molar-refractivity contribution in [2.75, 3.05) is 12.3 Å². The molecule has 4 unspecified atom stereocenters. The quantitative estimate of drug-likeness (QED) is 0.359. The summed E-state index contributed by atoms with van der Waals surface area (Å²) in [6, 6.07) is 3.77. The summed E-state index contributed by atoms with van der Waals surface area (Å²) in [5.74, 6) is 0.251. The van der Waals surface area contributed by atoms with Crippen molar-refractivity contribution >= 4 is 36.0 Å². The van der Waals surface area contributed by atoms with Gasteiger partial charge in [-0.2, -0.15) is 0 Å². The average molecular weight is 428 g/mol. The highest BCUT2D eigenvalue weighted by molar-refractivity contribution is 7.46. The van der Waals surface area contributed by atoms with Crippen molar-refractivity contribution in [3.63, 3.8) is 0 Å². The van der Waals surface area contributed by atoms with Gasteiger partial charge in [-0.25, -0.2) is 14.5 Å². The number of nitrogen functional groups attached to an aromatic ring is 1. The Bertz CT molecular complexity index is 1040. The van der Waals surface area contributed by atoms with Crippen LogP contribution in [0.25, 0.3) is 21.5 Å². The van der Waals surface area contributed by atoms with E-state index in [0.717, 1.165) is 10.4 Å². The molecule has 1 aliphatic heterocycles. The summed E-state index contributed by atoms with van der Waals surface area (Å²) >= 11 is 1.48. The molecule has 0 amide bonds. The number of fused-ring (bicyclic) bond motifs is 1. The number of rotatable bonds is 5. The summed E-state index contributed by atoms with van der Waals surface area (Å²) in [6.07, 6.45) is -2.04. The van der Waals surface area contributed by atoms with E-state index in [9.17, 15) is 14.8 Å². The van der Waals surface area contributed by atoms with E-state index in [2.05, 4.69) is 14.5 Å². The van der Waals surface area contributed by atoms with Crippen molar-refractivity contribution < 1.29 is 33.8 Å². The molecule has 6 N–H and O–H groups in total. The number of aromatic nitrogens is 3. The van der Waals surface area contributed by atoms with Crippen LogP contribution in [0.3, 0.4) is 0 Å². The Morgan fingerprint density at radius 2 is 2.11 bits per heavy atom. The van der Waals surface area contributed by atoms with Gasteiger partial charge >= 0.3 is 7.82 Å². The molecule has 1 fully saturated rings. The zero-order valence-electron chi connectivity index (χ0n) is 14.2. The first-order valence-corrected chi connectivity index (χ1v) is 10.5. The molecule has 0 aliphatic carbocycles. The second-order valence-electron chi connectivity index (χ2n) is 6.22. The minimum atomic E-state index is -4.75. The average Bonchev–Trinajstić information content (AvgIpc) is 3.33. The number of ether oxygens (including phenoxy) is 1. The lowest BCUT2D eigenvalue weighted by Crippen LogP contribution is -2.33. The lowest BCUT2D eigenvalue weighted by Gasteiger charge is -2.17. The fourth-order valence-electron chi connectivity index (χ4n) is 3.19. The summed E-state index contributed by atoms with van der Waals surface area (Å²) in [5, 5.41) is 23.2. The summed E-state index contributed by atoms with van der Waals surface area (Å²) in [4.78, 5) is 26.9. The molecule has 0 radical (unpaired) electrons. The summed E-state index contributed by atoms with van der Waals surface area (Å²) < 4.78 is 22.5. The van der Waals surface area contributed by atoms with Gasteiger partial charge in [-0.1, -0.05) is 6.07 Å². The Morgan fingerprint density at radius 1 is 1.32 bits per heavy atom. The van der Waals surface area contributed by atoms with Crippen LogP contribution in [0.15, 0.2) is 30.0 Å². The maximum Gasteiger partial charge on any atom is 0.469 e. The standard InChI is InChI=1S/C15H17N4O7PS/c16-13-10-7(9-2-1-3-28-9)4-19(14(10)18-6-17-13)15-12(21)11(20)8(26-15)5-25-27(22,23)24/h1-4,6,8,11-12,15,20-21H,5H2,(H2,16,17,18)(H2,22,23,24). The van der Waals surface area contributed by atoms with Gasteiger partial charge in [-0.15, -0.1) is 11.3 Å². The van der Waals surface area contributed by atoms with E-state index in [0.29, 0.717) is 11.0 Å². The van der Waals surface area contributed by atoms with Crippen LogP contribution < -0.4 is 5.73 Å². The maximum atomic E-state index is 10.9. The predicted octanol–water partition coefficient (Wildman–Crippen LogP) is 0.470. The SMILES string of the molecule is Nc1ncnc2c1c(-c1cccs1)cn2C1OC(COP(=O)(O)O)C(O)C1O. The predicted molar refractivity (Wildman–Crippen MR) is 99.2 cm³/mol. The first-order valence-electron chi connectivity index (χ1n) is 8.13. The van der Waals surface area contributed by atoms with Gasteiger partial charge in [-0.05, 0) is 11.4 Å². The van der Waals surface area contributed by atoms with Gasteiger partial charge in [-0.3, -0.25) is 4.52 Å². The number of hydrogen-bond donors (Lipinski definition) is 5. The lowest BCUT2D eigenvalue weighted by atomic mass is 10.1. The molecule has 1 saturated heterocycles. The summed E-state index contributed by atoms with van der Waals surface area (Å²) in [5.41, 5.74) is 7.17. The Kier molecular flexibility index (Phi) is 4.98. The zero-order chi connectivity index (χ0) is 20.1. The molecule has 3 aromatic rings. The molecule has 11 nitrogen and oxygen atoms in total. The molecule has 4 heterocycles. The van der Waals surface area contributed by atoms with Crippen LogP contribution in [0, 0.1) is 0 Å². The van der Waals surface area contributed by atoms with E-state index in [1.54, 1.807) is 6.20 Å². The number of aliphatic hydroxyl groups is 2. The number of thiophene rings is 1. The number of phosphoric ester groups is 1. The summed E-state index contributed by atoms with van der Waals surface area (Å²) in [7, 11) is -4.75. The minimum Gasteiger partial charge on any atom is -0.387 e. The normalized spacial score (nSPS) is 25.6. The second kappa shape index (κ2) is 7.17. The number of nitrogens with two attached hydrogens (primary N) is 1. The monoisotopic (exact) mass is 428 g/mol. The van der Waals surface area contributed by atoms with E-state index in [1.165, 1.54) is 22.2 Å². The first-order chi connectivity index (χ1) is 13.3. The Hall–Kier alpha value is -1.89. The topological polar surface area (TPSA) is 173 Å². The highest BCUT2D eigenvalue weighted by atomic mass is 32.1. The van der Waals surface area contributed by atoms with Crippen molar-refractivity contribution in [3.05, 3.63) is 30.0 Å². The summed E-state index contributed by atoms with van der Waals surface area (Å²) in [6.45, 7) is -0.590. The van der Waals surface area contributed by atoms with E-state index in [-0.39, 0.29) is 5.82 Å². The van der Waals surface area contributed by atoms with Gasteiger partial charge in [0, 0.05) is 16.6 Å². The molecule has 4 atom stereocenters. The number of aliphatic hydroxyl groups excluding tert-OH is 2. The van der Waals surface area contributed by atoms with Crippen LogP contribution in [0.1, 0.15) is 6.23 Å². The number of anilines is 1. The molecular weight excluding hydrogens is 411 g/mol. The highest BCUT2D eigenvalue weighted by Crippen LogP contribution is 2.41. The Morgan fingerprint density at radius 3 is 2.79 bits per heavy atom. The Labute approximate surface area is 162 Å². The fraction of sp³-hybridized carbons (Fsp3) is 0.333. The van der Waals surface area contributed by atoms with Crippen LogP contribution in [0.4, 0.5) is 5.82 Å². The minimum absolute atomic E-state index is 0.251. The third kappa shape index (κ3) is 3.45. The van der Waals surface area contributed by atoms with Crippen molar-refractivity contribution in [3.8, 4) is 10.4 Å². The van der Waals surface area contributed by atoms with Crippen molar-refractivity contribution in [1.29, 1.82) is 0 Å². The van der Waals surface area contributed by atoms with Crippen LogP contribution in [-0.4, -0.2) is 59.5 Å². The van der Waals surface area contributed by atoms with Crippen LogP contribution in [0.5, 0.6) is 0 Å².